The van der Waals surface area contributed by atoms with Gasteiger partial charge in [0.1, 0.15) is 17.2 Å². The van der Waals surface area contributed by atoms with Gasteiger partial charge in [0.2, 0.25) is 0 Å². The number of rotatable bonds is 5. The highest BCUT2D eigenvalue weighted by atomic mass is 32.2. The summed E-state index contributed by atoms with van der Waals surface area (Å²) in [4.78, 5) is 13.3. The van der Waals surface area contributed by atoms with Gasteiger partial charge in [0.15, 0.2) is 0 Å². The van der Waals surface area contributed by atoms with Crippen LogP contribution in [0.5, 0.6) is 0 Å². The van der Waals surface area contributed by atoms with Crippen LogP contribution in [-0.2, 0) is 0 Å². The summed E-state index contributed by atoms with van der Waals surface area (Å²) in [6, 6.07) is 2.13. The van der Waals surface area contributed by atoms with Gasteiger partial charge in [-0.25, -0.2) is 9.97 Å². The number of hydrogen-bond acceptors (Lipinski definition) is 5. The van der Waals surface area contributed by atoms with E-state index in [1.54, 1.807) is 6.33 Å². The van der Waals surface area contributed by atoms with E-state index in [0.717, 1.165) is 36.2 Å². The number of anilines is 1. The first kappa shape index (κ1) is 13.6. The lowest BCUT2D eigenvalue weighted by Crippen LogP contribution is -2.30. The van der Waals surface area contributed by atoms with Crippen molar-refractivity contribution in [3.8, 4) is 0 Å². The number of thioether (sulfide) groups is 1. The Morgan fingerprint density at radius 1 is 1.22 bits per heavy atom. The average molecular weight is 266 g/mol. The molecule has 1 aromatic rings. The molecule has 0 radical (unpaired) electrons. The molecule has 0 unspecified atom stereocenters. The van der Waals surface area contributed by atoms with E-state index in [0.29, 0.717) is 0 Å². The lowest BCUT2D eigenvalue weighted by atomic mass is 10.1. The van der Waals surface area contributed by atoms with Crippen LogP contribution in [0, 0.1) is 0 Å². The summed E-state index contributed by atoms with van der Waals surface area (Å²) in [5, 5.41) is 1.09. The first-order valence-electron chi connectivity index (χ1n) is 6.60. The zero-order valence-electron chi connectivity index (χ0n) is 11.3. The Kier molecular flexibility index (Phi) is 5.26. The molecule has 0 atom stereocenters. The molecular formula is C13H22N4S. The highest BCUT2D eigenvalue weighted by molar-refractivity contribution is 7.99. The summed E-state index contributed by atoms with van der Waals surface area (Å²) < 4.78 is 0. The predicted molar refractivity (Wildman–Crippen MR) is 77.4 cm³/mol. The van der Waals surface area contributed by atoms with Crippen LogP contribution in [0.4, 0.5) is 5.82 Å². The van der Waals surface area contributed by atoms with Crippen LogP contribution >= 0.6 is 11.8 Å². The molecule has 1 saturated heterocycles. The summed E-state index contributed by atoms with van der Waals surface area (Å²) >= 11 is 1.81. The third-order valence-corrected chi connectivity index (χ3v) is 4.00. The van der Waals surface area contributed by atoms with Crippen LogP contribution in [0.25, 0.3) is 0 Å². The lowest BCUT2D eigenvalue weighted by Gasteiger charge is -2.27. The molecule has 5 heteroatoms. The van der Waals surface area contributed by atoms with Crippen LogP contribution in [0.3, 0.4) is 0 Å². The quantitative estimate of drug-likeness (QED) is 0.602. The molecular weight excluding hydrogens is 244 g/mol. The second-order valence-corrected chi connectivity index (χ2v) is 6.03. The molecule has 0 amide bonds. The second kappa shape index (κ2) is 6.95. The molecule has 18 heavy (non-hydrogen) atoms. The Labute approximate surface area is 114 Å². The summed E-state index contributed by atoms with van der Waals surface area (Å²) in [5.74, 6) is 2.17. The van der Waals surface area contributed by atoms with Gasteiger partial charge >= 0.3 is 0 Å². The fourth-order valence-corrected chi connectivity index (χ4v) is 3.01. The van der Waals surface area contributed by atoms with Crippen LogP contribution < -0.4 is 4.90 Å². The van der Waals surface area contributed by atoms with Crippen molar-refractivity contribution in [3.63, 3.8) is 0 Å². The third-order valence-electron chi connectivity index (χ3n) is 3.10. The molecule has 100 valence electrons. The van der Waals surface area contributed by atoms with E-state index in [4.69, 9.17) is 0 Å². The van der Waals surface area contributed by atoms with Crippen molar-refractivity contribution in [2.75, 3.05) is 44.4 Å². The molecule has 1 aliphatic heterocycles. The van der Waals surface area contributed by atoms with Gasteiger partial charge in [-0.2, -0.15) is 0 Å². The van der Waals surface area contributed by atoms with Crippen molar-refractivity contribution < 1.29 is 0 Å². The largest absolute Gasteiger partial charge is 0.356 e. The first-order valence-corrected chi connectivity index (χ1v) is 7.59. The minimum absolute atomic E-state index is 1.07. The predicted octanol–water partition coefficient (Wildman–Crippen LogP) is 2.12. The van der Waals surface area contributed by atoms with E-state index in [1.165, 1.54) is 19.3 Å². The molecule has 1 aliphatic rings. The van der Waals surface area contributed by atoms with Gasteiger partial charge in [0.25, 0.3) is 0 Å². The molecule has 0 spiro atoms. The monoisotopic (exact) mass is 266 g/mol. The first-order chi connectivity index (χ1) is 8.75. The van der Waals surface area contributed by atoms with E-state index in [-0.39, 0.29) is 0 Å². The van der Waals surface area contributed by atoms with Crippen molar-refractivity contribution in [1.29, 1.82) is 0 Å². The number of aromatic nitrogens is 2. The average Bonchev–Trinajstić information content (AvgIpc) is 2.40. The minimum Gasteiger partial charge on any atom is -0.356 e. The topological polar surface area (TPSA) is 32.3 Å². The highest BCUT2D eigenvalue weighted by Crippen LogP contribution is 2.22. The Hall–Kier alpha value is -0.810. The van der Waals surface area contributed by atoms with Crippen LogP contribution in [0.1, 0.15) is 19.3 Å². The Morgan fingerprint density at radius 2 is 2.00 bits per heavy atom. The fourth-order valence-electron chi connectivity index (χ4n) is 2.04. The van der Waals surface area contributed by atoms with Crippen molar-refractivity contribution in [3.05, 3.63) is 12.4 Å². The minimum atomic E-state index is 1.07. The maximum Gasteiger partial charge on any atom is 0.133 e. The van der Waals surface area contributed by atoms with Crippen molar-refractivity contribution in [2.24, 2.45) is 0 Å². The molecule has 4 nitrogen and oxygen atoms in total. The highest BCUT2D eigenvalue weighted by Gasteiger charge is 2.12. The van der Waals surface area contributed by atoms with E-state index in [9.17, 15) is 0 Å². The van der Waals surface area contributed by atoms with Gasteiger partial charge in [0.05, 0.1) is 0 Å². The van der Waals surface area contributed by atoms with Crippen molar-refractivity contribution >= 4 is 17.6 Å². The summed E-state index contributed by atoms with van der Waals surface area (Å²) in [5.41, 5.74) is 0. The summed E-state index contributed by atoms with van der Waals surface area (Å²) in [6.45, 7) is 3.35. The maximum absolute atomic E-state index is 4.40. The zero-order chi connectivity index (χ0) is 12.8. The van der Waals surface area contributed by atoms with Gasteiger partial charge in [-0.05, 0) is 33.4 Å². The van der Waals surface area contributed by atoms with E-state index >= 15 is 0 Å². The fraction of sp³-hybridized carbons (Fsp3) is 0.692. The van der Waals surface area contributed by atoms with Gasteiger partial charge in [-0.1, -0.05) is 0 Å². The summed E-state index contributed by atoms with van der Waals surface area (Å²) in [6.07, 6.45) is 5.62. The van der Waals surface area contributed by atoms with Gasteiger partial charge < -0.3 is 9.80 Å². The molecule has 0 aliphatic carbocycles. The van der Waals surface area contributed by atoms with E-state index in [2.05, 4.69) is 39.9 Å². The van der Waals surface area contributed by atoms with Gasteiger partial charge in [-0.3, -0.25) is 0 Å². The molecule has 0 saturated carbocycles. The molecule has 1 fully saturated rings. The molecule has 0 N–H and O–H groups in total. The van der Waals surface area contributed by atoms with Gasteiger partial charge in [-0.15, -0.1) is 11.8 Å². The van der Waals surface area contributed by atoms with Crippen LogP contribution in [-0.4, -0.2) is 54.4 Å². The SMILES string of the molecule is CN(C)CCSc1cc(N2CCCCC2)ncn1. The lowest BCUT2D eigenvalue weighted by molar-refractivity contribution is 0.437. The molecule has 0 aromatic carbocycles. The smallest absolute Gasteiger partial charge is 0.133 e. The standard InChI is InChI=1S/C13H22N4S/c1-16(2)8-9-18-13-10-12(14-11-15-13)17-6-4-3-5-7-17/h10-11H,3-9H2,1-2H3. The zero-order valence-corrected chi connectivity index (χ0v) is 12.1. The van der Waals surface area contributed by atoms with Gasteiger partial charge in [0, 0.05) is 31.5 Å². The van der Waals surface area contributed by atoms with Crippen molar-refractivity contribution in [2.45, 2.75) is 24.3 Å². The Balaban J connectivity index is 1.91. The Morgan fingerprint density at radius 3 is 2.72 bits per heavy atom. The second-order valence-electron chi connectivity index (χ2n) is 4.91. The molecule has 0 bridgehead atoms. The molecule has 2 heterocycles. The van der Waals surface area contributed by atoms with Crippen LogP contribution in [0.2, 0.25) is 0 Å². The maximum atomic E-state index is 4.40. The third kappa shape index (κ3) is 4.14. The number of piperidine rings is 1. The van der Waals surface area contributed by atoms with E-state index in [1.807, 2.05) is 11.8 Å². The number of hydrogen-bond donors (Lipinski definition) is 0. The van der Waals surface area contributed by atoms with Crippen molar-refractivity contribution in [1.82, 2.24) is 14.9 Å². The molecule has 1 aromatic heterocycles. The van der Waals surface area contributed by atoms with E-state index < -0.39 is 0 Å². The summed E-state index contributed by atoms with van der Waals surface area (Å²) in [7, 11) is 4.19. The number of nitrogens with zero attached hydrogens (tertiary/aromatic N) is 4. The molecule has 2 rings (SSSR count). The Bertz CT molecular complexity index is 364. The normalized spacial score (nSPS) is 16.3. The van der Waals surface area contributed by atoms with Crippen LogP contribution in [0.15, 0.2) is 17.4 Å².